The van der Waals surface area contributed by atoms with Crippen LogP contribution >= 0.6 is 0 Å². The zero-order chi connectivity index (χ0) is 10.3. The summed E-state index contributed by atoms with van der Waals surface area (Å²) in [5.41, 5.74) is 0.157. The molecule has 0 N–H and O–H groups in total. The van der Waals surface area contributed by atoms with Crippen LogP contribution in [0.15, 0.2) is 11.3 Å². The number of ketones is 1. The molecule has 76 valence electrons. The van der Waals surface area contributed by atoms with Crippen LogP contribution in [0.2, 0.25) is 0 Å². The molecule has 2 rings (SSSR count). The summed E-state index contributed by atoms with van der Waals surface area (Å²) in [5, 5.41) is 11.4. The summed E-state index contributed by atoms with van der Waals surface area (Å²) in [6, 6.07) is 0. The molecule has 0 bridgehead atoms. The number of Topliss-reactive ketones (excluding diaryl/α,β-unsaturated/α-hetero) is 1. The van der Waals surface area contributed by atoms with E-state index in [4.69, 9.17) is 0 Å². The molecule has 2 fully saturated rings. The fourth-order valence-electron chi connectivity index (χ4n) is 1.91. The van der Waals surface area contributed by atoms with Gasteiger partial charge in [0.2, 0.25) is 0 Å². The molecule has 0 radical (unpaired) electrons. The van der Waals surface area contributed by atoms with E-state index in [2.05, 4.69) is 4.74 Å². The molecular weight excluding hydrogens is 223 g/mol. The van der Waals surface area contributed by atoms with E-state index in [1.54, 1.807) is 6.92 Å². The van der Waals surface area contributed by atoms with Crippen LogP contribution in [0.5, 0.6) is 0 Å². The van der Waals surface area contributed by atoms with E-state index >= 15 is 0 Å². The first-order chi connectivity index (χ1) is 6.65. The van der Waals surface area contributed by atoms with Crippen LogP contribution in [0, 0.1) is 11.8 Å². The fourth-order valence-corrected chi connectivity index (χ4v) is 1.91. The van der Waals surface area contributed by atoms with Crippen molar-refractivity contribution in [3.05, 3.63) is 11.3 Å². The van der Waals surface area contributed by atoms with E-state index in [0.29, 0.717) is 12.3 Å². The second kappa shape index (κ2) is 5.10. The standard InChI is InChI=1S/C10H12O4.K/c1-2-14-10(13)9(12)7-4-5-3-6(5)8(7)11;/h5-6,12H,2-4H2,1H3;/q;+1/p-1/b9-7-;/t5-,6-;/m0./s1. The van der Waals surface area contributed by atoms with Gasteiger partial charge in [-0.2, -0.15) is 0 Å². The molecule has 0 aromatic heterocycles. The molecule has 0 aromatic carbocycles. The number of rotatable bonds is 2. The Morgan fingerprint density at radius 3 is 2.73 bits per heavy atom. The smallest absolute Gasteiger partial charge is 0.867 e. The van der Waals surface area contributed by atoms with Crippen LogP contribution in [0.1, 0.15) is 19.8 Å². The van der Waals surface area contributed by atoms with Crippen molar-refractivity contribution in [1.82, 2.24) is 0 Å². The van der Waals surface area contributed by atoms with Gasteiger partial charge >= 0.3 is 57.4 Å². The summed E-state index contributed by atoms with van der Waals surface area (Å²) in [6.45, 7) is 1.79. The Labute approximate surface area is 130 Å². The van der Waals surface area contributed by atoms with Crippen molar-refractivity contribution in [2.75, 3.05) is 6.61 Å². The van der Waals surface area contributed by atoms with Gasteiger partial charge < -0.3 is 9.84 Å². The Morgan fingerprint density at radius 2 is 2.27 bits per heavy atom. The Kier molecular flexibility index (Phi) is 4.55. The molecule has 0 spiro atoms. The molecule has 0 amide bonds. The fraction of sp³-hybridized carbons (Fsp3) is 0.600. The number of allylic oxidation sites excluding steroid dienone is 1. The molecule has 2 atom stereocenters. The second-order valence-electron chi connectivity index (χ2n) is 3.70. The minimum Gasteiger partial charge on any atom is -0.867 e. The molecule has 2 saturated carbocycles. The number of carbonyl (C=O) groups is 2. The number of hydrogen-bond acceptors (Lipinski definition) is 4. The Balaban J connectivity index is 0.00000112. The maximum Gasteiger partial charge on any atom is 1.00 e. The predicted octanol–water partition coefficient (Wildman–Crippen LogP) is -3.22. The maximum absolute atomic E-state index is 11.4. The molecule has 0 aliphatic heterocycles. The van der Waals surface area contributed by atoms with E-state index < -0.39 is 11.7 Å². The van der Waals surface area contributed by atoms with Gasteiger partial charge in [0.25, 0.3) is 0 Å². The van der Waals surface area contributed by atoms with Crippen molar-refractivity contribution < 1.29 is 70.8 Å². The third-order valence-electron chi connectivity index (χ3n) is 2.76. The zero-order valence-corrected chi connectivity index (χ0v) is 12.0. The van der Waals surface area contributed by atoms with Gasteiger partial charge in [-0.1, -0.05) is 0 Å². The Bertz CT molecular complexity index is 334. The van der Waals surface area contributed by atoms with Crippen molar-refractivity contribution in [1.29, 1.82) is 0 Å². The minimum absolute atomic E-state index is 0. The first-order valence-corrected chi connectivity index (χ1v) is 4.76. The quantitative estimate of drug-likeness (QED) is 0.218. The summed E-state index contributed by atoms with van der Waals surface area (Å²) in [6.07, 6.45) is 1.36. The largest absolute Gasteiger partial charge is 1.00 e. The molecule has 0 saturated heterocycles. The van der Waals surface area contributed by atoms with Crippen LogP contribution in [0.25, 0.3) is 0 Å². The van der Waals surface area contributed by atoms with E-state index in [1.165, 1.54) is 0 Å². The molecule has 0 heterocycles. The van der Waals surface area contributed by atoms with Gasteiger partial charge in [-0.05, 0) is 37.0 Å². The zero-order valence-electron chi connectivity index (χ0n) is 8.91. The van der Waals surface area contributed by atoms with Crippen LogP contribution in [-0.2, 0) is 14.3 Å². The predicted molar refractivity (Wildman–Crippen MR) is 44.9 cm³/mol. The first kappa shape index (κ1) is 13.4. The first-order valence-electron chi connectivity index (χ1n) is 4.76. The van der Waals surface area contributed by atoms with Crippen molar-refractivity contribution in [2.24, 2.45) is 11.8 Å². The average Bonchev–Trinajstić information content (AvgIpc) is 2.86. The third-order valence-corrected chi connectivity index (χ3v) is 2.76. The van der Waals surface area contributed by atoms with Gasteiger partial charge in [0, 0.05) is 5.92 Å². The average molecular weight is 234 g/mol. The van der Waals surface area contributed by atoms with E-state index in [-0.39, 0.29) is 75.3 Å². The number of hydrogen-bond donors (Lipinski definition) is 0. The molecule has 2 aliphatic rings. The summed E-state index contributed by atoms with van der Waals surface area (Å²) >= 11 is 0. The van der Waals surface area contributed by atoms with Gasteiger partial charge in [0.05, 0.1) is 6.61 Å². The van der Waals surface area contributed by atoms with E-state index in [9.17, 15) is 14.7 Å². The van der Waals surface area contributed by atoms with Crippen LogP contribution in [-0.4, -0.2) is 18.4 Å². The Hall–Kier alpha value is 0.316. The molecule has 5 heteroatoms. The molecule has 0 aromatic rings. The van der Waals surface area contributed by atoms with Crippen LogP contribution in [0.4, 0.5) is 0 Å². The topological polar surface area (TPSA) is 66.4 Å². The number of esters is 1. The summed E-state index contributed by atoms with van der Waals surface area (Å²) < 4.78 is 4.55. The molecule has 4 nitrogen and oxygen atoms in total. The van der Waals surface area contributed by atoms with E-state index in [0.717, 1.165) is 6.42 Å². The summed E-state index contributed by atoms with van der Waals surface area (Å²) in [7, 11) is 0. The second-order valence-corrected chi connectivity index (χ2v) is 3.70. The summed E-state index contributed by atoms with van der Waals surface area (Å²) in [5.74, 6) is -1.39. The van der Waals surface area contributed by atoms with Crippen LogP contribution in [0.3, 0.4) is 0 Å². The number of carbonyl (C=O) groups excluding carboxylic acids is 2. The minimum atomic E-state index is -0.892. The third kappa shape index (κ3) is 2.53. The van der Waals surface area contributed by atoms with Crippen molar-refractivity contribution in [3.8, 4) is 0 Å². The SMILES string of the molecule is CCOC(=O)/C([O-])=C1\C[C@@H]2C[C@@H]2C1=O.[K+]. The van der Waals surface area contributed by atoms with Crippen molar-refractivity contribution in [3.63, 3.8) is 0 Å². The van der Waals surface area contributed by atoms with Crippen LogP contribution < -0.4 is 56.5 Å². The van der Waals surface area contributed by atoms with Gasteiger partial charge in [-0.25, -0.2) is 4.79 Å². The summed E-state index contributed by atoms with van der Waals surface area (Å²) in [4.78, 5) is 22.5. The van der Waals surface area contributed by atoms with E-state index in [1.807, 2.05) is 0 Å². The van der Waals surface area contributed by atoms with Gasteiger partial charge in [0.15, 0.2) is 5.78 Å². The van der Waals surface area contributed by atoms with Gasteiger partial charge in [0.1, 0.15) is 0 Å². The van der Waals surface area contributed by atoms with Crippen molar-refractivity contribution >= 4 is 11.8 Å². The normalized spacial score (nSPS) is 30.3. The van der Waals surface area contributed by atoms with Crippen molar-refractivity contribution in [2.45, 2.75) is 19.8 Å². The molecule has 2 aliphatic carbocycles. The Morgan fingerprint density at radius 1 is 1.60 bits per heavy atom. The molecule has 15 heavy (non-hydrogen) atoms. The monoisotopic (exact) mass is 234 g/mol. The van der Waals surface area contributed by atoms with Gasteiger partial charge in [-0.15, -0.1) is 0 Å². The molecule has 0 unspecified atom stereocenters. The maximum atomic E-state index is 11.4. The molecular formula is C10H11KO4. The van der Waals surface area contributed by atoms with Gasteiger partial charge in [-0.3, -0.25) is 4.79 Å². The number of fused-ring (bicyclic) bond motifs is 1. The number of ether oxygens (including phenoxy) is 1.